The molecular weight excluding hydrogens is 289 g/mol. The van der Waals surface area contributed by atoms with E-state index in [-0.39, 0.29) is 18.2 Å². The maximum atomic E-state index is 12.0. The SMILES string of the molecule is CCn1c(=N)sc2cc(OC(F)(F)F)ccc21.Cl. The van der Waals surface area contributed by atoms with Gasteiger partial charge in [-0.2, -0.15) is 0 Å². The Hall–Kier alpha value is -1.21. The van der Waals surface area contributed by atoms with E-state index in [1.54, 1.807) is 4.57 Å². The number of halogens is 4. The van der Waals surface area contributed by atoms with Gasteiger partial charge in [-0.05, 0) is 25.1 Å². The van der Waals surface area contributed by atoms with E-state index < -0.39 is 6.36 Å². The molecule has 0 spiro atoms. The predicted octanol–water partition coefficient (Wildman–Crippen LogP) is 3.52. The minimum absolute atomic E-state index is 0. The topological polar surface area (TPSA) is 38.0 Å². The van der Waals surface area contributed by atoms with Crippen LogP contribution in [0.25, 0.3) is 10.2 Å². The number of nitrogens with zero attached hydrogens (tertiary/aromatic N) is 1. The van der Waals surface area contributed by atoms with Crippen molar-refractivity contribution in [3.63, 3.8) is 0 Å². The monoisotopic (exact) mass is 298 g/mol. The fourth-order valence-electron chi connectivity index (χ4n) is 1.58. The van der Waals surface area contributed by atoms with Gasteiger partial charge in [0, 0.05) is 6.54 Å². The average Bonchev–Trinajstić information content (AvgIpc) is 2.50. The third-order valence-electron chi connectivity index (χ3n) is 2.22. The predicted molar refractivity (Wildman–Crippen MR) is 65.3 cm³/mol. The first-order valence-electron chi connectivity index (χ1n) is 4.84. The molecule has 1 N–H and O–H groups in total. The molecule has 0 aliphatic rings. The molecule has 0 saturated heterocycles. The standard InChI is InChI=1S/C10H9F3N2OS.ClH/c1-2-15-7-4-3-6(16-10(11,12)13)5-8(7)17-9(15)14;/h3-5,14H,2H2,1H3;1H. The Morgan fingerprint density at radius 2 is 2.06 bits per heavy atom. The highest BCUT2D eigenvalue weighted by molar-refractivity contribution is 7.16. The molecule has 0 atom stereocenters. The van der Waals surface area contributed by atoms with Crippen molar-refractivity contribution in [3.8, 4) is 5.75 Å². The number of aromatic nitrogens is 1. The van der Waals surface area contributed by atoms with Crippen LogP contribution < -0.4 is 9.54 Å². The summed E-state index contributed by atoms with van der Waals surface area (Å²) in [5.41, 5.74) is 0.747. The van der Waals surface area contributed by atoms with Gasteiger partial charge in [-0.3, -0.25) is 5.41 Å². The van der Waals surface area contributed by atoms with Gasteiger partial charge in [0.05, 0.1) is 10.2 Å². The van der Waals surface area contributed by atoms with E-state index in [2.05, 4.69) is 4.74 Å². The molecule has 100 valence electrons. The molecule has 18 heavy (non-hydrogen) atoms. The molecule has 0 radical (unpaired) electrons. The van der Waals surface area contributed by atoms with E-state index in [9.17, 15) is 13.2 Å². The van der Waals surface area contributed by atoms with Crippen molar-refractivity contribution < 1.29 is 17.9 Å². The second kappa shape index (κ2) is 5.19. The molecule has 0 aliphatic heterocycles. The number of benzene rings is 1. The van der Waals surface area contributed by atoms with Gasteiger partial charge in [0.15, 0.2) is 4.80 Å². The molecule has 1 heterocycles. The highest BCUT2D eigenvalue weighted by Crippen LogP contribution is 2.27. The smallest absolute Gasteiger partial charge is 0.406 e. The lowest BCUT2D eigenvalue weighted by molar-refractivity contribution is -0.274. The molecule has 1 aromatic carbocycles. The number of alkyl halides is 3. The van der Waals surface area contributed by atoms with Crippen LogP contribution in [0.1, 0.15) is 6.92 Å². The summed E-state index contributed by atoms with van der Waals surface area (Å²) in [5, 5.41) is 7.67. The second-order valence-electron chi connectivity index (χ2n) is 3.33. The van der Waals surface area contributed by atoms with Gasteiger partial charge in [-0.15, -0.1) is 25.6 Å². The van der Waals surface area contributed by atoms with Crippen LogP contribution in [0, 0.1) is 5.41 Å². The lowest BCUT2D eigenvalue weighted by Gasteiger charge is -2.08. The van der Waals surface area contributed by atoms with Gasteiger partial charge in [-0.1, -0.05) is 11.3 Å². The van der Waals surface area contributed by atoms with Crippen molar-refractivity contribution >= 4 is 34.0 Å². The molecule has 0 aliphatic carbocycles. The van der Waals surface area contributed by atoms with Crippen LogP contribution in [0.5, 0.6) is 5.75 Å². The Morgan fingerprint density at radius 3 is 2.61 bits per heavy atom. The van der Waals surface area contributed by atoms with Crippen LogP contribution in [0.4, 0.5) is 13.2 Å². The first kappa shape index (κ1) is 14.8. The number of nitrogens with one attached hydrogen (secondary N) is 1. The lowest BCUT2D eigenvalue weighted by Crippen LogP contribution is -2.17. The molecule has 8 heteroatoms. The number of aryl methyl sites for hydroxylation is 1. The number of rotatable bonds is 2. The summed E-state index contributed by atoms with van der Waals surface area (Å²) in [6, 6.07) is 4.10. The third kappa shape index (κ3) is 2.97. The highest BCUT2D eigenvalue weighted by atomic mass is 35.5. The van der Waals surface area contributed by atoms with E-state index in [0.717, 1.165) is 16.9 Å². The van der Waals surface area contributed by atoms with Crippen molar-refractivity contribution in [2.75, 3.05) is 0 Å². The molecular formula is C10H10ClF3N2OS. The van der Waals surface area contributed by atoms with E-state index in [1.807, 2.05) is 6.92 Å². The fraction of sp³-hybridized carbons (Fsp3) is 0.300. The second-order valence-corrected chi connectivity index (χ2v) is 4.36. The van der Waals surface area contributed by atoms with Crippen LogP contribution in [-0.2, 0) is 6.54 Å². The maximum absolute atomic E-state index is 12.0. The molecule has 1 aromatic heterocycles. The van der Waals surface area contributed by atoms with Crippen LogP contribution >= 0.6 is 23.7 Å². The molecule has 2 rings (SSSR count). The number of hydrogen-bond acceptors (Lipinski definition) is 3. The van der Waals surface area contributed by atoms with Gasteiger partial charge in [0.2, 0.25) is 0 Å². The molecule has 0 amide bonds. The molecule has 0 bridgehead atoms. The Bertz CT molecular complexity index is 605. The normalized spacial score (nSPS) is 11.3. The van der Waals surface area contributed by atoms with Crippen molar-refractivity contribution in [2.24, 2.45) is 0 Å². The van der Waals surface area contributed by atoms with Crippen molar-refractivity contribution in [1.29, 1.82) is 5.41 Å². The van der Waals surface area contributed by atoms with Crippen molar-refractivity contribution in [3.05, 3.63) is 23.0 Å². The highest BCUT2D eigenvalue weighted by Gasteiger charge is 2.31. The van der Waals surface area contributed by atoms with Gasteiger partial charge < -0.3 is 9.30 Å². The van der Waals surface area contributed by atoms with E-state index in [1.165, 1.54) is 18.2 Å². The average molecular weight is 299 g/mol. The zero-order valence-corrected chi connectivity index (χ0v) is 10.9. The number of fused-ring (bicyclic) bond motifs is 1. The third-order valence-corrected chi connectivity index (χ3v) is 3.18. The summed E-state index contributed by atoms with van der Waals surface area (Å²) >= 11 is 1.13. The zero-order chi connectivity index (χ0) is 12.6. The Kier molecular flexibility index (Phi) is 4.28. The van der Waals surface area contributed by atoms with E-state index in [0.29, 0.717) is 16.0 Å². The van der Waals surface area contributed by atoms with Gasteiger partial charge in [-0.25, -0.2) is 0 Å². The summed E-state index contributed by atoms with van der Waals surface area (Å²) < 4.78 is 42.3. The number of ether oxygens (including phenoxy) is 1. The molecule has 2 aromatic rings. The molecule has 0 fully saturated rings. The Morgan fingerprint density at radius 1 is 1.39 bits per heavy atom. The number of thiazole rings is 1. The van der Waals surface area contributed by atoms with E-state index in [4.69, 9.17) is 5.41 Å². The van der Waals surface area contributed by atoms with Gasteiger partial charge in [0.1, 0.15) is 5.75 Å². The quantitative estimate of drug-likeness (QED) is 0.905. The minimum Gasteiger partial charge on any atom is -0.406 e. The van der Waals surface area contributed by atoms with Crippen molar-refractivity contribution in [2.45, 2.75) is 19.8 Å². The molecule has 3 nitrogen and oxygen atoms in total. The minimum atomic E-state index is -4.69. The lowest BCUT2D eigenvalue weighted by atomic mass is 10.3. The summed E-state index contributed by atoms with van der Waals surface area (Å²) in [4.78, 5) is 0.312. The van der Waals surface area contributed by atoms with Gasteiger partial charge >= 0.3 is 6.36 Å². The number of hydrogen-bond donors (Lipinski definition) is 1. The molecule has 0 saturated carbocycles. The first-order chi connectivity index (χ1) is 7.90. The van der Waals surface area contributed by atoms with Crippen LogP contribution in [0.2, 0.25) is 0 Å². The van der Waals surface area contributed by atoms with Crippen LogP contribution in [-0.4, -0.2) is 10.9 Å². The summed E-state index contributed by atoms with van der Waals surface area (Å²) in [6.45, 7) is 2.49. The van der Waals surface area contributed by atoms with Gasteiger partial charge in [0.25, 0.3) is 0 Å². The fourth-order valence-corrected chi connectivity index (χ4v) is 2.58. The largest absolute Gasteiger partial charge is 0.573 e. The maximum Gasteiger partial charge on any atom is 0.573 e. The summed E-state index contributed by atoms with van der Waals surface area (Å²) in [7, 11) is 0. The molecule has 0 unspecified atom stereocenters. The van der Waals surface area contributed by atoms with Crippen LogP contribution in [0.15, 0.2) is 18.2 Å². The Labute approximate surface area is 111 Å². The zero-order valence-electron chi connectivity index (χ0n) is 9.25. The Balaban J connectivity index is 0.00000162. The van der Waals surface area contributed by atoms with Crippen molar-refractivity contribution in [1.82, 2.24) is 4.57 Å². The van der Waals surface area contributed by atoms with Crippen LogP contribution in [0.3, 0.4) is 0 Å². The van der Waals surface area contributed by atoms with E-state index >= 15 is 0 Å². The summed E-state index contributed by atoms with van der Waals surface area (Å²) in [6.07, 6.45) is -4.69. The first-order valence-corrected chi connectivity index (χ1v) is 5.66. The summed E-state index contributed by atoms with van der Waals surface area (Å²) in [5.74, 6) is -0.255.